The SMILES string of the molecule is CN=C(NCc1cccc(Cl)c1)NCc1cccc(C#N)c1.I. The molecule has 0 heterocycles. The third kappa shape index (κ3) is 6.47. The van der Waals surface area contributed by atoms with Crippen LogP contribution < -0.4 is 10.6 Å². The van der Waals surface area contributed by atoms with Crippen LogP contribution in [0.3, 0.4) is 0 Å². The summed E-state index contributed by atoms with van der Waals surface area (Å²) < 4.78 is 0. The maximum Gasteiger partial charge on any atom is 0.191 e. The van der Waals surface area contributed by atoms with Crippen LogP contribution in [0.5, 0.6) is 0 Å². The van der Waals surface area contributed by atoms with Crippen molar-refractivity contribution in [1.29, 1.82) is 5.26 Å². The van der Waals surface area contributed by atoms with Crippen molar-refractivity contribution in [2.45, 2.75) is 13.1 Å². The molecule has 2 aromatic carbocycles. The molecule has 0 amide bonds. The molecule has 0 saturated carbocycles. The van der Waals surface area contributed by atoms with Gasteiger partial charge < -0.3 is 10.6 Å². The Hall–Kier alpha value is -1.78. The smallest absolute Gasteiger partial charge is 0.191 e. The molecule has 0 aliphatic heterocycles. The Kier molecular flexibility index (Phi) is 8.45. The summed E-state index contributed by atoms with van der Waals surface area (Å²) in [4.78, 5) is 4.18. The van der Waals surface area contributed by atoms with Gasteiger partial charge in [-0.2, -0.15) is 5.26 Å². The van der Waals surface area contributed by atoms with E-state index >= 15 is 0 Å². The van der Waals surface area contributed by atoms with Gasteiger partial charge in [-0.3, -0.25) is 4.99 Å². The van der Waals surface area contributed by atoms with E-state index in [2.05, 4.69) is 21.7 Å². The number of hydrogen-bond acceptors (Lipinski definition) is 2. The minimum absolute atomic E-state index is 0. The molecule has 2 rings (SSSR count). The van der Waals surface area contributed by atoms with Crippen molar-refractivity contribution in [2.24, 2.45) is 4.99 Å². The predicted molar refractivity (Wildman–Crippen MR) is 105 cm³/mol. The monoisotopic (exact) mass is 440 g/mol. The molecule has 2 aromatic rings. The van der Waals surface area contributed by atoms with Gasteiger partial charge >= 0.3 is 0 Å². The second kappa shape index (κ2) is 10.1. The first kappa shape index (κ1) is 19.3. The number of nitrogens with one attached hydrogen (secondary N) is 2. The highest BCUT2D eigenvalue weighted by Gasteiger charge is 2.00. The van der Waals surface area contributed by atoms with Gasteiger partial charge in [-0.25, -0.2) is 0 Å². The molecule has 6 heteroatoms. The summed E-state index contributed by atoms with van der Waals surface area (Å²) in [7, 11) is 1.72. The fourth-order valence-corrected chi connectivity index (χ4v) is 2.20. The highest BCUT2D eigenvalue weighted by atomic mass is 127. The first-order valence-corrected chi connectivity index (χ1v) is 7.27. The maximum absolute atomic E-state index is 8.90. The normalized spacial score (nSPS) is 10.4. The van der Waals surface area contributed by atoms with Crippen molar-refractivity contribution in [3.63, 3.8) is 0 Å². The molecule has 0 saturated heterocycles. The van der Waals surface area contributed by atoms with Crippen molar-refractivity contribution < 1.29 is 0 Å². The average Bonchev–Trinajstić information content (AvgIpc) is 2.55. The highest BCUT2D eigenvalue weighted by molar-refractivity contribution is 14.0. The quantitative estimate of drug-likeness (QED) is 0.433. The first-order valence-electron chi connectivity index (χ1n) is 6.89. The number of hydrogen-bond donors (Lipinski definition) is 2. The predicted octanol–water partition coefficient (Wildman–Crippen LogP) is 3.69. The number of guanidine groups is 1. The number of nitriles is 1. The van der Waals surface area contributed by atoms with Gasteiger partial charge in [0.15, 0.2) is 5.96 Å². The van der Waals surface area contributed by atoms with E-state index < -0.39 is 0 Å². The molecule has 0 spiro atoms. The molecule has 0 unspecified atom stereocenters. The molecule has 0 radical (unpaired) electrons. The minimum atomic E-state index is 0. The van der Waals surface area contributed by atoms with Gasteiger partial charge in [0.25, 0.3) is 0 Å². The Morgan fingerprint density at radius 2 is 1.70 bits per heavy atom. The number of halogens is 2. The summed E-state index contributed by atoms with van der Waals surface area (Å²) in [5.41, 5.74) is 2.77. The lowest BCUT2D eigenvalue weighted by Crippen LogP contribution is -2.36. The zero-order chi connectivity index (χ0) is 15.8. The van der Waals surface area contributed by atoms with Gasteiger partial charge in [-0.1, -0.05) is 35.9 Å². The molecule has 4 nitrogen and oxygen atoms in total. The van der Waals surface area contributed by atoms with Crippen LogP contribution in [-0.2, 0) is 13.1 Å². The largest absolute Gasteiger partial charge is 0.352 e. The van der Waals surface area contributed by atoms with Crippen molar-refractivity contribution in [1.82, 2.24) is 10.6 Å². The molecule has 0 bridgehead atoms. The van der Waals surface area contributed by atoms with Crippen LogP contribution in [0.1, 0.15) is 16.7 Å². The van der Waals surface area contributed by atoms with Crippen LogP contribution in [0.4, 0.5) is 0 Å². The van der Waals surface area contributed by atoms with Crippen molar-refractivity contribution >= 4 is 41.5 Å². The molecule has 2 N–H and O–H groups in total. The molecule has 120 valence electrons. The summed E-state index contributed by atoms with van der Waals surface area (Å²) in [6.45, 7) is 1.24. The van der Waals surface area contributed by atoms with Crippen LogP contribution in [-0.4, -0.2) is 13.0 Å². The van der Waals surface area contributed by atoms with Crippen molar-refractivity contribution in [3.8, 4) is 6.07 Å². The van der Waals surface area contributed by atoms with Gasteiger partial charge in [0.1, 0.15) is 0 Å². The first-order chi connectivity index (χ1) is 10.7. The molecule has 0 atom stereocenters. The molecule has 0 aromatic heterocycles. The highest BCUT2D eigenvalue weighted by Crippen LogP contribution is 2.10. The standard InChI is InChI=1S/C17H17ClN4.HI/c1-20-17(22-12-15-6-3-7-16(18)9-15)21-11-14-5-2-4-13(8-14)10-19;/h2-9H,11-12H2,1H3,(H2,20,21,22);1H. The number of aliphatic imine (C=N–C) groups is 1. The van der Waals surface area contributed by atoms with Gasteiger partial charge in [0.2, 0.25) is 0 Å². The van der Waals surface area contributed by atoms with Gasteiger partial charge in [0.05, 0.1) is 11.6 Å². The van der Waals surface area contributed by atoms with E-state index in [-0.39, 0.29) is 24.0 Å². The van der Waals surface area contributed by atoms with Crippen LogP contribution in [0.15, 0.2) is 53.5 Å². The van der Waals surface area contributed by atoms with E-state index in [0.717, 1.165) is 16.1 Å². The Balaban J connectivity index is 0.00000264. The Labute approximate surface area is 158 Å². The lowest BCUT2D eigenvalue weighted by Gasteiger charge is -2.12. The molecular weight excluding hydrogens is 423 g/mol. The van der Waals surface area contributed by atoms with Crippen LogP contribution in [0, 0.1) is 11.3 Å². The molecule has 0 fully saturated rings. The second-order valence-corrected chi connectivity index (χ2v) is 5.16. The fourth-order valence-electron chi connectivity index (χ4n) is 1.99. The zero-order valence-electron chi connectivity index (χ0n) is 12.7. The summed E-state index contributed by atoms with van der Waals surface area (Å²) in [5.74, 6) is 0.697. The van der Waals surface area contributed by atoms with Gasteiger partial charge in [-0.15, -0.1) is 24.0 Å². The fraction of sp³-hybridized carbons (Fsp3) is 0.176. The van der Waals surface area contributed by atoms with E-state index in [1.807, 2.05) is 42.5 Å². The van der Waals surface area contributed by atoms with Crippen LogP contribution in [0.2, 0.25) is 5.02 Å². The van der Waals surface area contributed by atoms with Crippen molar-refractivity contribution in [3.05, 3.63) is 70.2 Å². The summed E-state index contributed by atoms with van der Waals surface area (Å²) >= 11 is 5.96. The molecule has 0 aliphatic carbocycles. The Bertz CT molecular complexity index is 710. The topological polar surface area (TPSA) is 60.2 Å². The zero-order valence-corrected chi connectivity index (χ0v) is 15.8. The van der Waals surface area contributed by atoms with Crippen LogP contribution in [0.25, 0.3) is 0 Å². The van der Waals surface area contributed by atoms with E-state index in [4.69, 9.17) is 16.9 Å². The summed E-state index contributed by atoms with van der Waals surface area (Å²) in [6, 6.07) is 17.3. The van der Waals surface area contributed by atoms with Crippen LogP contribution >= 0.6 is 35.6 Å². The van der Waals surface area contributed by atoms with Crippen molar-refractivity contribution in [2.75, 3.05) is 7.05 Å². The average molecular weight is 441 g/mol. The number of rotatable bonds is 4. The number of benzene rings is 2. The second-order valence-electron chi connectivity index (χ2n) is 4.72. The maximum atomic E-state index is 8.90. The van der Waals surface area contributed by atoms with E-state index in [1.165, 1.54) is 0 Å². The summed E-state index contributed by atoms with van der Waals surface area (Å²) in [5, 5.41) is 16.1. The van der Waals surface area contributed by atoms with E-state index in [1.54, 1.807) is 13.1 Å². The Morgan fingerprint density at radius 3 is 2.26 bits per heavy atom. The minimum Gasteiger partial charge on any atom is -0.352 e. The Morgan fingerprint density at radius 1 is 1.09 bits per heavy atom. The van der Waals surface area contributed by atoms with Gasteiger partial charge in [0, 0.05) is 25.2 Å². The number of nitrogens with zero attached hydrogens (tertiary/aromatic N) is 2. The third-order valence-electron chi connectivity index (χ3n) is 3.09. The third-order valence-corrected chi connectivity index (χ3v) is 3.32. The van der Waals surface area contributed by atoms with E-state index in [0.29, 0.717) is 24.6 Å². The summed E-state index contributed by atoms with van der Waals surface area (Å²) in [6.07, 6.45) is 0. The van der Waals surface area contributed by atoms with Gasteiger partial charge in [-0.05, 0) is 35.4 Å². The van der Waals surface area contributed by atoms with E-state index in [9.17, 15) is 0 Å². The molecular formula is C17H18ClIN4. The molecule has 0 aliphatic rings. The lowest BCUT2D eigenvalue weighted by molar-refractivity contribution is 0.809. The lowest BCUT2D eigenvalue weighted by atomic mass is 10.1. The molecule has 23 heavy (non-hydrogen) atoms.